The van der Waals surface area contributed by atoms with Crippen molar-refractivity contribution < 1.29 is 44.8 Å². The Morgan fingerprint density at radius 1 is 0.882 bits per heavy atom. The topological polar surface area (TPSA) is 55.8 Å². The summed E-state index contributed by atoms with van der Waals surface area (Å²) in [6, 6.07) is 0. The first-order valence-corrected chi connectivity index (χ1v) is 5.66. The van der Waals surface area contributed by atoms with Gasteiger partial charge in [0.2, 0.25) is 0 Å². The summed E-state index contributed by atoms with van der Waals surface area (Å²) in [4.78, 5) is 8.68. The zero-order valence-corrected chi connectivity index (χ0v) is 9.11. The maximum atomic E-state index is 11.6. The first kappa shape index (κ1) is 16.7. The van der Waals surface area contributed by atoms with Gasteiger partial charge in [0.25, 0.3) is 0 Å². The lowest BCUT2D eigenvalue weighted by Crippen LogP contribution is -2.13. The standard InChI is InChI=1S/C6H9F6O4P/c7-5(8,9)1-3-15-17(13,14)16-4-2-6(10,11)12/h1-4H2,(H,13,14). The molecule has 0 atom stereocenters. The van der Waals surface area contributed by atoms with Crippen molar-refractivity contribution in [3.8, 4) is 0 Å². The van der Waals surface area contributed by atoms with Crippen molar-refractivity contribution in [2.24, 2.45) is 0 Å². The zero-order chi connectivity index (χ0) is 13.7. The minimum absolute atomic E-state index is 1.16. The van der Waals surface area contributed by atoms with E-state index < -0.39 is 46.2 Å². The summed E-state index contributed by atoms with van der Waals surface area (Å²) in [5.74, 6) is 0. The molecule has 0 fully saturated rings. The fourth-order valence-corrected chi connectivity index (χ4v) is 1.31. The lowest BCUT2D eigenvalue weighted by Gasteiger charge is -2.13. The lowest BCUT2D eigenvalue weighted by atomic mass is 10.5. The largest absolute Gasteiger partial charge is 0.472 e. The molecule has 0 radical (unpaired) electrons. The van der Waals surface area contributed by atoms with Crippen LogP contribution >= 0.6 is 7.82 Å². The van der Waals surface area contributed by atoms with Crippen LogP contribution in [-0.4, -0.2) is 30.5 Å². The molecular formula is C6H9F6O4P. The number of phosphoric ester groups is 1. The van der Waals surface area contributed by atoms with Crippen LogP contribution in [0.2, 0.25) is 0 Å². The molecule has 0 spiro atoms. The molecule has 0 bridgehead atoms. The van der Waals surface area contributed by atoms with Crippen LogP contribution in [0, 0.1) is 0 Å². The number of phosphoric acid groups is 1. The van der Waals surface area contributed by atoms with Crippen LogP contribution in [0.4, 0.5) is 26.3 Å². The summed E-state index contributed by atoms with van der Waals surface area (Å²) in [5.41, 5.74) is 0. The van der Waals surface area contributed by atoms with E-state index in [2.05, 4.69) is 9.05 Å². The number of alkyl halides is 6. The Morgan fingerprint density at radius 2 is 1.18 bits per heavy atom. The van der Waals surface area contributed by atoms with Gasteiger partial charge in [0.1, 0.15) is 0 Å². The summed E-state index contributed by atoms with van der Waals surface area (Å²) in [7, 11) is -4.86. The van der Waals surface area contributed by atoms with Gasteiger partial charge in [-0.1, -0.05) is 0 Å². The van der Waals surface area contributed by atoms with E-state index in [-0.39, 0.29) is 0 Å². The molecule has 17 heavy (non-hydrogen) atoms. The summed E-state index contributed by atoms with van der Waals surface area (Å²) in [6.45, 7) is -2.33. The summed E-state index contributed by atoms with van der Waals surface area (Å²) < 4.78 is 88.0. The first-order chi connectivity index (χ1) is 7.41. The molecule has 0 aliphatic carbocycles. The molecule has 0 aromatic carbocycles. The van der Waals surface area contributed by atoms with E-state index >= 15 is 0 Å². The molecule has 0 saturated heterocycles. The second-order valence-electron chi connectivity index (χ2n) is 2.87. The Hall–Kier alpha value is -0.310. The molecule has 1 N–H and O–H groups in total. The smallest absolute Gasteiger partial charge is 0.302 e. The van der Waals surface area contributed by atoms with E-state index in [1.807, 2.05) is 0 Å². The second kappa shape index (κ2) is 6.03. The average molecular weight is 290 g/mol. The van der Waals surface area contributed by atoms with E-state index in [1.54, 1.807) is 0 Å². The van der Waals surface area contributed by atoms with Gasteiger partial charge in [-0.2, -0.15) is 26.3 Å². The summed E-state index contributed by atoms with van der Waals surface area (Å²) in [6.07, 6.45) is -12.2. The molecule has 0 amide bonds. The monoisotopic (exact) mass is 290 g/mol. The third-order valence-corrected chi connectivity index (χ3v) is 2.30. The molecule has 104 valence electrons. The van der Waals surface area contributed by atoms with Crippen molar-refractivity contribution in [2.45, 2.75) is 25.2 Å². The predicted octanol–water partition coefficient (Wildman–Crippen LogP) is 3.02. The Balaban J connectivity index is 3.85. The van der Waals surface area contributed by atoms with Crippen LogP contribution in [-0.2, 0) is 13.6 Å². The van der Waals surface area contributed by atoms with Crippen LogP contribution in [0.3, 0.4) is 0 Å². The minimum Gasteiger partial charge on any atom is -0.302 e. The SMILES string of the molecule is O=P(O)(OCCC(F)(F)F)OCCC(F)(F)F. The molecule has 0 aromatic rings. The van der Waals surface area contributed by atoms with Crippen molar-refractivity contribution in [2.75, 3.05) is 13.2 Å². The van der Waals surface area contributed by atoms with Gasteiger partial charge in [-0.25, -0.2) is 4.57 Å². The van der Waals surface area contributed by atoms with Gasteiger partial charge in [0.15, 0.2) is 0 Å². The third kappa shape index (κ3) is 11.9. The van der Waals surface area contributed by atoms with Gasteiger partial charge < -0.3 is 4.89 Å². The highest BCUT2D eigenvalue weighted by Crippen LogP contribution is 2.44. The number of hydrogen-bond acceptors (Lipinski definition) is 3. The molecule has 0 heterocycles. The molecule has 0 rings (SSSR count). The second-order valence-corrected chi connectivity index (χ2v) is 4.32. The van der Waals surface area contributed by atoms with Crippen molar-refractivity contribution in [3.63, 3.8) is 0 Å². The minimum atomic E-state index is -4.86. The predicted molar refractivity (Wildman–Crippen MR) is 43.1 cm³/mol. The van der Waals surface area contributed by atoms with E-state index in [9.17, 15) is 30.9 Å². The average Bonchev–Trinajstić information content (AvgIpc) is 1.96. The van der Waals surface area contributed by atoms with E-state index in [0.717, 1.165) is 0 Å². The normalized spacial score (nSPS) is 14.1. The number of halogens is 6. The fourth-order valence-electron chi connectivity index (χ4n) is 0.591. The van der Waals surface area contributed by atoms with Crippen LogP contribution in [0.15, 0.2) is 0 Å². The molecular weight excluding hydrogens is 281 g/mol. The van der Waals surface area contributed by atoms with Gasteiger partial charge in [0.05, 0.1) is 26.1 Å². The fraction of sp³-hybridized carbons (Fsp3) is 1.00. The van der Waals surface area contributed by atoms with Gasteiger partial charge in [-0.3, -0.25) is 9.05 Å². The number of hydrogen-bond donors (Lipinski definition) is 1. The molecule has 0 aliphatic rings. The van der Waals surface area contributed by atoms with E-state index in [1.165, 1.54) is 0 Å². The van der Waals surface area contributed by atoms with Crippen LogP contribution < -0.4 is 0 Å². The van der Waals surface area contributed by atoms with Crippen molar-refractivity contribution in [3.05, 3.63) is 0 Å². The Bertz CT molecular complexity index is 251. The third-order valence-electron chi connectivity index (χ3n) is 1.28. The highest BCUT2D eigenvalue weighted by Gasteiger charge is 2.32. The highest BCUT2D eigenvalue weighted by molar-refractivity contribution is 7.47. The van der Waals surface area contributed by atoms with E-state index in [4.69, 9.17) is 4.89 Å². The maximum Gasteiger partial charge on any atom is 0.472 e. The summed E-state index contributed by atoms with van der Waals surface area (Å²) in [5, 5.41) is 0. The highest BCUT2D eigenvalue weighted by atomic mass is 31.2. The zero-order valence-electron chi connectivity index (χ0n) is 8.22. The van der Waals surface area contributed by atoms with Gasteiger partial charge >= 0.3 is 20.2 Å². The van der Waals surface area contributed by atoms with Crippen molar-refractivity contribution >= 4 is 7.82 Å². The number of rotatable bonds is 6. The molecule has 0 unspecified atom stereocenters. The van der Waals surface area contributed by atoms with Gasteiger partial charge in [0, 0.05) is 0 Å². The lowest BCUT2D eigenvalue weighted by molar-refractivity contribution is -0.142. The quantitative estimate of drug-likeness (QED) is 0.603. The van der Waals surface area contributed by atoms with Crippen LogP contribution in [0.5, 0.6) is 0 Å². The Morgan fingerprint density at radius 3 is 1.41 bits per heavy atom. The molecule has 4 nitrogen and oxygen atoms in total. The first-order valence-electron chi connectivity index (χ1n) is 4.17. The van der Waals surface area contributed by atoms with Crippen LogP contribution in [0.25, 0.3) is 0 Å². The van der Waals surface area contributed by atoms with E-state index in [0.29, 0.717) is 0 Å². The Labute approximate surface area is 92.1 Å². The molecule has 0 saturated carbocycles. The molecule has 11 heteroatoms. The van der Waals surface area contributed by atoms with Crippen LogP contribution in [0.1, 0.15) is 12.8 Å². The van der Waals surface area contributed by atoms with Crippen molar-refractivity contribution in [1.82, 2.24) is 0 Å². The van der Waals surface area contributed by atoms with Gasteiger partial charge in [-0.15, -0.1) is 0 Å². The maximum absolute atomic E-state index is 11.6. The Kier molecular flexibility index (Phi) is 5.92. The van der Waals surface area contributed by atoms with Crippen molar-refractivity contribution in [1.29, 1.82) is 0 Å². The van der Waals surface area contributed by atoms with Gasteiger partial charge in [-0.05, 0) is 0 Å². The molecule has 0 aromatic heterocycles. The summed E-state index contributed by atoms with van der Waals surface area (Å²) >= 11 is 0. The molecule has 0 aliphatic heterocycles.